The summed E-state index contributed by atoms with van der Waals surface area (Å²) in [4.78, 5) is 12.0. The van der Waals surface area contributed by atoms with Crippen molar-refractivity contribution in [1.82, 2.24) is 0 Å². The highest BCUT2D eigenvalue weighted by molar-refractivity contribution is 6.14. The number of aromatic hydroxyl groups is 1. The van der Waals surface area contributed by atoms with Crippen molar-refractivity contribution in [3.05, 3.63) is 65.4 Å². The summed E-state index contributed by atoms with van der Waals surface area (Å²) in [5.41, 5.74) is 1.30. The number of fused-ring (bicyclic) bond motifs is 1. The molecule has 0 saturated carbocycles. The number of allylic oxidation sites excluding steroid dienone is 1. The highest BCUT2D eigenvalue weighted by Crippen LogP contribution is 2.31. The molecule has 0 atom stereocenters. The van der Waals surface area contributed by atoms with Gasteiger partial charge in [0.1, 0.15) is 11.5 Å². The van der Waals surface area contributed by atoms with Crippen LogP contribution in [0.15, 0.2) is 54.3 Å². The SMILES string of the molecule is O=C1/C(=C/c2cccc(O)c2)Oc2ccccc21. The molecule has 0 aliphatic carbocycles. The fourth-order valence-electron chi connectivity index (χ4n) is 1.90. The molecule has 88 valence electrons. The number of rotatable bonds is 1. The number of carbonyl (C=O) groups excluding carboxylic acids is 1. The van der Waals surface area contributed by atoms with Crippen molar-refractivity contribution in [1.29, 1.82) is 0 Å². The number of ether oxygens (including phenoxy) is 1. The van der Waals surface area contributed by atoms with Gasteiger partial charge in [-0.15, -0.1) is 0 Å². The van der Waals surface area contributed by atoms with E-state index in [9.17, 15) is 9.90 Å². The van der Waals surface area contributed by atoms with Crippen molar-refractivity contribution in [2.24, 2.45) is 0 Å². The zero-order valence-corrected chi connectivity index (χ0v) is 9.46. The maximum Gasteiger partial charge on any atom is 0.231 e. The molecule has 1 N–H and O–H groups in total. The number of carbonyl (C=O) groups is 1. The molecule has 3 nitrogen and oxygen atoms in total. The van der Waals surface area contributed by atoms with E-state index in [-0.39, 0.29) is 17.3 Å². The zero-order chi connectivity index (χ0) is 12.5. The van der Waals surface area contributed by atoms with Crippen LogP contribution in [0.3, 0.4) is 0 Å². The summed E-state index contributed by atoms with van der Waals surface area (Å²) in [6, 6.07) is 13.8. The third-order valence-electron chi connectivity index (χ3n) is 2.74. The van der Waals surface area contributed by atoms with E-state index in [1.165, 1.54) is 0 Å². The minimum Gasteiger partial charge on any atom is -0.508 e. The minimum absolute atomic E-state index is 0.131. The summed E-state index contributed by atoms with van der Waals surface area (Å²) in [5.74, 6) is 0.886. The lowest BCUT2D eigenvalue weighted by atomic mass is 10.1. The number of hydrogen-bond acceptors (Lipinski definition) is 3. The molecule has 0 aromatic heterocycles. The number of Topliss-reactive ketones (excluding diaryl/α,β-unsaturated/α-hetero) is 1. The van der Waals surface area contributed by atoms with Gasteiger partial charge in [-0.05, 0) is 35.9 Å². The molecule has 3 rings (SSSR count). The van der Waals surface area contributed by atoms with Crippen molar-refractivity contribution >= 4 is 11.9 Å². The first-order valence-corrected chi connectivity index (χ1v) is 5.56. The molecule has 18 heavy (non-hydrogen) atoms. The van der Waals surface area contributed by atoms with E-state index >= 15 is 0 Å². The molecule has 0 unspecified atom stereocenters. The van der Waals surface area contributed by atoms with Crippen molar-refractivity contribution in [3.63, 3.8) is 0 Å². The smallest absolute Gasteiger partial charge is 0.231 e. The highest BCUT2D eigenvalue weighted by atomic mass is 16.5. The van der Waals surface area contributed by atoms with Gasteiger partial charge >= 0.3 is 0 Å². The molecule has 1 aliphatic rings. The summed E-state index contributed by atoms with van der Waals surface area (Å²) in [6.45, 7) is 0. The topological polar surface area (TPSA) is 46.5 Å². The standard InChI is InChI=1S/C15H10O3/c16-11-5-3-4-10(8-11)9-14-15(17)12-6-1-2-7-13(12)18-14/h1-9,16H/b14-9-. The molecule has 0 amide bonds. The van der Waals surface area contributed by atoms with Gasteiger partial charge in [0.2, 0.25) is 5.78 Å². The normalized spacial score (nSPS) is 15.6. The number of para-hydroxylation sites is 1. The molecule has 3 heteroatoms. The number of hydrogen-bond donors (Lipinski definition) is 1. The summed E-state index contributed by atoms with van der Waals surface area (Å²) in [7, 11) is 0. The second kappa shape index (κ2) is 4.04. The van der Waals surface area contributed by atoms with Gasteiger partial charge in [0.05, 0.1) is 5.56 Å². The molecule has 2 aromatic carbocycles. The lowest BCUT2D eigenvalue weighted by molar-refractivity contribution is 0.101. The molecule has 1 aliphatic heterocycles. The Morgan fingerprint density at radius 2 is 1.89 bits per heavy atom. The van der Waals surface area contributed by atoms with Gasteiger partial charge in [0, 0.05) is 0 Å². The second-order valence-electron chi connectivity index (χ2n) is 4.03. The Labute approximate surface area is 104 Å². The first-order chi connectivity index (χ1) is 8.74. The van der Waals surface area contributed by atoms with Crippen LogP contribution < -0.4 is 4.74 Å². The fourth-order valence-corrected chi connectivity index (χ4v) is 1.90. The van der Waals surface area contributed by atoms with Crippen LogP contribution in [0.25, 0.3) is 6.08 Å². The van der Waals surface area contributed by atoms with Crippen molar-refractivity contribution in [2.75, 3.05) is 0 Å². The number of phenolic OH excluding ortho intramolecular Hbond substituents is 1. The van der Waals surface area contributed by atoms with Crippen LogP contribution in [0.1, 0.15) is 15.9 Å². The van der Waals surface area contributed by atoms with Gasteiger partial charge in [-0.3, -0.25) is 4.79 Å². The molecule has 0 bridgehead atoms. The van der Waals surface area contributed by atoms with Crippen molar-refractivity contribution in [2.45, 2.75) is 0 Å². The Bertz CT molecular complexity index is 656. The van der Waals surface area contributed by atoms with Crippen molar-refractivity contribution in [3.8, 4) is 11.5 Å². The Hall–Kier alpha value is -2.55. The van der Waals surface area contributed by atoms with E-state index in [0.29, 0.717) is 11.3 Å². The molecule has 0 spiro atoms. The van der Waals surface area contributed by atoms with Crippen LogP contribution in [0.5, 0.6) is 11.5 Å². The Morgan fingerprint density at radius 1 is 1.06 bits per heavy atom. The molecule has 2 aromatic rings. The van der Waals surface area contributed by atoms with Gasteiger partial charge in [0.25, 0.3) is 0 Å². The minimum atomic E-state index is -0.131. The van der Waals surface area contributed by atoms with Gasteiger partial charge in [-0.25, -0.2) is 0 Å². The summed E-state index contributed by atoms with van der Waals surface area (Å²) in [5, 5.41) is 9.37. The van der Waals surface area contributed by atoms with Crippen LogP contribution in [-0.2, 0) is 0 Å². The van der Waals surface area contributed by atoms with Crippen molar-refractivity contribution < 1.29 is 14.6 Å². The quantitative estimate of drug-likeness (QED) is 0.777. The Balaban J connectivity index is 1.99. The molecule has 1 heterocycles. The van der Waals surface area contributed by atoms with Crippen LogP contribution in [0, 0.1) is 0 Å². The average molecular weight is 238 g/mol. The first-order valence-electron chi connectivity index (χ1n) is 5.56. The Kier molecular flexibility index (Phi) is 2.38. The molecular formula is C15H10O3. The average Bonchev–Trinajstić information content (AvgIpc) is 2.67. The maximum atomic E-state index is 12.0. The molecule has 0 radical (unpaired) electrons. The van der Waals surface area contributed by atoms with Gasteiger partial charge in [-0.2, -0.15) is 0 Å². The van der Waals surface area contributed by atoms with E-state index in [1.54, 1.807) is 48.5 Å². The van der Waals surface area contributed by atoms with E-state index in [4.69, 9.17) is 4.74 Å². The predicted molar refractivity (Wildman–Crippen MR) is 67.5 cm³/mol. The molecule has 0 saturated heterocycles. The number of phenols is 1. The monoisotopic (exact) mass is 238 g/mol. The van der Waals surface area contributed by atoms with Crippen LogP contribution in [0.4, 0.5) is 0 Å². The van der Waals surface area contributed by atoms with E-state index in [2.05, 4.69) is 0 Å². The van der Waals surface area contributed by atoms with Gasteiger partial charge in [-0.1, -0.05) is 24.3 Å². The van der Waals surface area contributed by atoms with Gasteiger partial charge in [0.15, 0.2) is 5.76 Å². The largest absolute Gasteiger partial charge is 0.508 e. The highest BCUT2D eigenvalue weighted by Gasteiger charge is 2.26. The number of benzene rings is 2. The molecule has 0 fully saturated rings. The molecular weight excluding hydrogens is 228 g/mol. The lowest BCUT2D eigenvalue weighted by Crippen LogP contribution is -1.97. The Morgan fingerprint density at radius 3 is 2.67 bits per heavy atom. The van der Waals surface area contributed by atoms with Gasteiger partial charge < -0.3 is 9.84 Å². The summed E-state index contributed by atoms with van der Waals surface area (Å²) < 4.78 is 5.49. The third kappa shape index (κ3) is 1.76. The van der Waals surface area contributed by atoms with Crippen LogP contribution >= 0.6 is 0 Å². The van der Waals surface area contributed by atoms with E-state index < -0.39 is 0 Å². The second-order valence-corrected chi connectivity index (χ2v) is 4.03. The fraction of sp³-hybridized carbons (Fsp3) is 0. The predicted octanol–water partition coefficient (Wildman–Crippen LogP) is 3.01. The number of ketones is 1. The zero-order valence-electron chi connectivity index (χ0n) is 9.46. The van der Waals surface area contributed by atoms with Crippen LogP contribution in [-0.4, -0.2) is 10.9 Å². The maximum absolute atomic E-state index is 12.0. The summed E-state index contributed by atoms with van der Waals surface area (Å²) >= 11 is 0. The third-order valence-corrected chi connectivity index (χ3v) is 2.74. The first kappa shape index (κ1) is 10.6. The van der Waals surface area contributed by atoms with E-state index in [1.807, 2.05) is 6.07 Å². The lowest BCUT2D eigenvalue weighted by Gasteiger charge is -1.98. The summed E-state index contributed by atoms with van der Waals surface area (Å²) in [6.07, 6.45) is 1.63. The van der Waals surface area contributed by atoms with Crippen LogP contribution in [0.2, 0.25) is 0 Å². The van der Waals surface area contributed by atoms with E-state index in [0.717, 1.165) is 5.56 Å².